The van der Waals surface area contributed by atoms with E-state index in [1.165, 1.54) is 12.0 Å². The molecule has 0 saturated carbocycles. The van der Waals surface area contributed by atoms with Crippen LogP contribution < -0.4 is 10.3 Å². The van der Waals surface area contributed by atoms with Crippen LogP contribution in [-0.2, 0) is 6.67 Å². The zero-order chi connectivity index (χ0) is 21.1. The standard InChI is InChI=1S/C9H10.C6H9N2.C3H8.3C2H6/c1-2-6-9-7-4-3-5-8-9;7-6-8-4-2-1-3-5-8;1-3-2;3*1-2/h2-8H,1H3;1-5H,6-7H2;3H2,1-2H3;3*1-2H3/q;+1;;;;/b6-2+;;;;;. The molecule has 2 nitrogen and oxygen atoms in total. The van der Waals surface area contributed by atoms with Gasteiger partial charge in [0.1, 0.15) is 0 Å². The first kappa shape index (κ1) is 31.8. The Morgan fingerprint density at radius 1 is 0.769 bits per heavy atom. The van der Waals surface area contributed by atoms with Crippen molar-refractivity contribution in [3.63, 3.8) is 0 Å². The average molecular weight is 362 g/mol. The van der Waals surface area contributed by atoms with Crippen LogP contribution in [0.3, 0.4) is 0 Å². The largest absolute Gasteiger partial charge is 0.275 e. The molecule has 0 unspecified atom stereocenters. The molecule has 0 radical (unpaired) electrons. The zero-order valence-corrected chi connectivity index (χ0v) is 18.9. The van der Waals surface area contributed by atoms with Gasteiger partial charge in [0, 0.05) is 12.1 Å². The van der Waals surface area contributed by atoms with Crippen molar-refractivity contribution in [2.75, 3.05) is 0 Å². The van der Waals surface area contributed by atoms with Crippen molar-refractivity contribution < 1.29 is 4.57 Å². The molecule has 0 fully saturated rings. The van der Waals surface area contributed by atoms with Gasteiger partial charge < -0.3 is 0 Å². The summed E-state index contributed by atoms with van der Waals surface area (Å²) in [6.07, 6.45) is 9.23. The normalized spacial score (nSPS) is 7.77. The lowest BCUT2D eigenvalue weighted by Gasteiger charge is -1.86. The Bertz CT molecular complexity index is 436. The van der Waals surface area contributed by atoms with Gasteiger partial charge >= 0.3 is 0 Å². The third-order valence-corrected chi connectivity index (χ3v) is 2.15. The zero-order valence-electron chi connectivity index (χ0n) is 18.9. The van der Waals surface area contributed by atoms with Crippen LogP contribution in [0.15, 0.2) is 67.0 Å². The number of hydrogen-bond acceptors (Lipinski definition) is 1. The van der Waals surface area contributed by atoms with Gasteiger partial charge in [-0.1, -0.05) is 110 Å². The van der Waals surface area contributed by atoms with E-state index in [0.717, 1.165) is 0 Å². The number of aromatic nitrogens is 1. The Kier molecular flexibility index (Phi) is 42.1. The summed E-state index contributed by atoms with van der Waals surface area (Å²) in [5, 5.41) is 0. The molecule has 2 rings (SSSR count). The fourth-order valence-corrected chi connectivity index (χ4v) is 1.31. The van der Waals surface area contributed by atoms with Gasteiger partial charge in [0.15, 0.2) is 19.1 Å². The Morgan fingerprint density at radius 2 is 1.15 bits per heavy atom. The van der Waals surface area contributed by atoms with Gasteiger partial charge in [-0.05, 0) is 12.5 Å². The number of allylic oxidation sites excluding steroid dienone is 1. The molecule has 1 heterocycles. The van der Waals surface area contributed by atoms with Crippen LogP contribution in [0.25, 0.3) is 6.08 Å². The van der Waals surface area contributed by atoms with Crippen LogP contribution in [0, 0.1) is 0 Å². The van der Waals surface area contributed by atoms with Gasteiger partial charge in [-0.25, -0.2) is 0 Å². The second kappa shape index (κ2) is 34.4. The van der Waals surface area contributed by atoms with E-state index in [2.05, 4.69) is 32.1 Å². The van der Waals surface area contributed by atoms with Crippen LogP contribution in [0.4, 0.5) is 0 Å². The Hall–Kier alpha value is -1.93. The third kappa shape index (κ3) is 26.9. The molecule has 0 spiro atoms. The summed E-state index contributed by atoms with van der Waals surface area (Å²) in [7, 11) is 0. The summed E-state index contributed by atoms with van der Waals surface area (Å²) in [5.41, 5.74) is 6.58. The van der Waals surface area contributed by atoms with Crippen LogP contribution in [0.2, 0.25) is 0 Å². The summed E-state index contributed by atoms with van der Waals surface area (Å²) in [6.45, 7) is 18.8. The van der Waals surface area contributed by atoms with Gasteiger partial charge in [-0.15, -0.1) is 0 Å². The average Bonchev–Trinajstić information content (AvgIpc) is 2.75. The van der Waals surface area contributed by atoms with Crippen LogP contribution in [0.1, 0.15) is 74.3 Å². The fourth-order valence-electron chi connectivity index (χ4n) is 1.31. The molecule has 0 aliphatic carbocycles. The highest BCUT2D eigenvalue weighted by molar-refractivity contribution is 5.47. The lowest BCUT2D eigenvalue weighted by molar-refractivity contribution is -0.696. The third-order valence-electron chi connectivity index (χ3n) is 2.15. The molecule has 2 N–H and O–H groups in total. The minimum Gasteiger partial charge on any atom is -0.275 e. The predicted molar refractivity (Wildman–Crippen MR) is 122 cm³/mol. The first-order valence-corrected chi connectivity index (χ1v) is 10.1. The molecular formula is C24H45N2+. The summed E-state index contributed by atoms with van der Waals surface area (Å²) in [6, 6.07) is 16.1. The number of pyridine rings is 1. The molecular weight excluding hydrogens is 316 g/mol. The van der Waals surface area contributed by atoms with Crippen molar-refractivity contribution in [3.8, 4) is 0 Å². The smallest absolute Gasteiger partial charge is 0.199 e. The summed E-state index contributed by atoms with van der Waals surface area (Å²) in [5.74, 6) is 0. The van der Waals surface area contributed by atoms with Crippen molar-refractivity contribution in [2.45, 2.75) is 75.4 Å². The molecule has 0 bridgehead atoms. The number of rotatable bonds is 2. The van der Waals surface area contributed by atoms with Gasteiger partial charge in [0.2, 0.25) is 0 Å². The van der Waals surface area contributed by atoms with Crippen molar-refractivity contribution >= 4 is 6.08 Å². The first-order chi connectivity index (χ1) is 12.8. The molecule has 0 saturated heterocycles. The van der Waals surface area contributed by atoms with E-state index in [-0.39, 0.29) is 0 Å². The maximum absolute atomic E-state index is 5.31. The van der Waals surface area contributed by atoms with Crippen LogP contribution in [-0.4, -0.2) is 0 Å². The Labute approximate surface area is 164 Å². The van der Waals surface area contributed by atoms with E-state index in [9.17, 15) is 0 Å². The lowest BCUT2D eigenvalue weighted by atomic mass is 10.2. The maximum Gasteiger partial charge on any atom is 0.199 e. The van der Waals surface area contributed by atoms with Gasteiger partial charge in [-0.3, -0.25) is 5.73 Å². The minimum atomic E-state index is 0.556. The second-order valence-corrected chi connectivity index (χ2v) is 4.19. The molecule has 0 amide bonds. The maximum atomic E-state index is 5.31. The fraction of sp³-hybridized carbons (Fsp3) is 0.458. The summed E-state index contributed by atoms with van der Waals surface area (Å²) >= 11 is 0. The Balaban J connectivity index is -0.000000130. The number of hydrogen-bond donors (Lipinski definition) is 1. The van der Waals surface area contributed by atoms with E-state index in [1.807, 2.05) is 108 Å². The van der Waals surface area contributed by atoms with E-state index in [4.69, 9.17) is 5.73 Å². The van der Waals surface area contributed by atoms with Crippen molar-refractivity contribution in [3.05, 3.63) is 72.6 Å². The lowest BCUT2D eigenvalue weighted by Crippen LogP contribution is -2.36. The molecule has 1 aromatic carbocycles. The SMILES string of the molecule is C/C=C/c1ccccc1.CC.CC.CC.CCC.NC[n+]1ccccc1. The molecule has 0 atom stereocenters. The molecule has 150 valence electrons. The van der Waals surface area contributed by atoms with E-state index >= 15 is 0 Å². The van der Waals surface area contributed by atoms with Gasteiger partial charge in [-0.2, -0.15) is 4.57 Å². The molecule has 1 aromatic heterocycles. The van der Waals surface area contributed by atoms with E-state index in [0.29, 0.717) is 6.67 Å². The van der Waals surface area contributed by atoms with Gasteiger partial charge in [0.05, 0.1) is 0 Å². The van der Waals surface area contributed by atoms with E-state index < -0.39 is 0 Å². The predicted octanol–water partition coefficient (Wildman–Crippen LogP) is 7.10. The molecule has 0 aliphatic rings. The van der Waals surface area contributed by atoms with Crippen LogP contribution in [0.5, 0.6) is 0 Å². The highest BCUT2D eigenvalue weighted by Crippen LogP contribution is 1.99. The topological polar surface area (TPSA) is 29.9 Å². The molecule has 26 heavy (non-hydrogen) atoms. The highest BCUT2D eigenvalue weighted by Gasteiger charge is 1.86. The first-order valence-electron chi connectivity index (χ1n) is 10.1. The molecule has 2 heteroatoms. The summed E-state index contributed by atoms with van der Waals surface area (Å²) in [4.78, 5) is 0. The van der Waals surface area contributed by atoms with Crippen molar-refractivity contribution in [1.82, 2.24) is 0 Å². The van der Waals surface area contributed by atoms with E-state index in [1.54, 1.807) is 0 Å². The molecule has 0 aliphatic heterocycles. The van der Waals surface area contributed by atoms with Crippen LogP contribution >= 0.6 is 0 Å². The number of benzene rings is 1. The quantitative estimate of drug-likeness (QED) is 0.568. The minimum absolute atomic E-state index is 0.556. The summed E-state index contributed by atoms with van der Waals surface area (Å²) < 4.78 is 1.90. The number of nitrogens with two attached hydrogens (primary N) is 1. The van der Waals surface area contributed by atoms with Crippen molar-refractivity contribution in [1.29, 1.82) is 0 Å². The monoisotopic (exact) mass is 361 g/mol. The molecule has 2 aromatic rings. The van der Waals surface area contributed by atoms with Gasteiger partial charge in [0.25, 0.3) is 0 Å². The highest BCUT2D eigenvalue weighted by atomic mass is 15.0. The second-order valence-electron chi connectivity index (χ2n) is 4.19. The Morgan fingerprint density at radius 3 is 1.46 bits per heavy atom. The number of nitrogens with zero attached hydrogens (tertiary/aromatic N) is 1. The van der Waals surface area contributed by atoms with Crippen molar-refractivity contribution in [2.24, 2.45) is 5.73 Å².